The van der Waals surface area contributed by atoms with Gasteiger partial charge < -0.3 is 46.6 Å². The molecule has 15 nitrogen and oxygen atoms in total. The van der Waals surface area contributed by atoms with Gasteiger partial charge in [-0.3, -0.25) is 14.4 Å². The smallest absolute Gasteiger partial charge is 0.308 e. The van der Waals surface area contributed by atoms with Crippen LogP contribution in [0.5, 0.6) is 0 Å². The number of amides is 6. The van der Waals surface area contributed by atoms with Gasteiger partial charge in [-0.15, -0.1) is 0 Å². The summed E-state index contributed by atoms with van der Waals surface area (Å²) in [6, 6.07) is 37.4. The van der Waals surface area contributed by atoms with E-state index in [0.29, 0.717) is 39.4 Å². The van der Waals surface area contributed by atoms with Gasteiger partial charge in [0.1, 0.15) is 11.6 Å². The highest BCUT2D eigenvalue weighted by Gasteiger charge is 2.27. The Morgan fingerprint density at radius 1 is 0.392 bits per heavy atom. The van der Waals surface area contributed by atoms with Gasteiger partial charge >= 0.3 is 18.1 Å². The van der Waals surface area contributed by atoms with Crippen molar-refractivity contribution in [2.45, 2.75) is 45.4 Å². The molecule has 3 aliphatic rings. The summed E-state index contributed by atoms with van der Waals surface area (Å²) < 4.78 is 27.3. The van der Waals surface area contributed by atoms with Crippen LogP contribution in [-0.2, 0) is 0 Å². The third-order valence-corrected chi connectivity index (χ3v) is 14.5. The van der Waals surface area contributed by atoms with E-state index in [4.69, 9.17) is 0 Å². The summed E-state index contributed by atoms with van der Waals surface area (Å²) >= 11 is 3.36. The zero-order chi connectivity index (χ0) is 56.4. The highest BCUT2D eigenvalue weighted by atomic mass is 79.9. The SMILES string of the molecule is CN1CCC(C(=O)c2cccc(NC(=O)Nc3cc(F)cc(F)c3)c2)CC1.CN1CCC(C(=O)c2cccc(NC(=O)Nc3ccc(Br)cc3)c2)CC1.Cc1cccc(NC(=O)Nc2cccc(C(=O)C3CCN(C)CC3)c2)c1. The van der Waals surface area contributed by atoms with E-state index < -0.39 is 17.7 Å². The Balaban J connectivity index is 0.000000172. The molecule has 0 saturated carbocycles. The van der Waals surface area contributed by atoms with E-state index in [1.165, 1.54) is 0 Å². The van der Waals surface area contributed by atoms with Crippen molar-refractivity contribution in [1.29, 1.82) is 0 Å². The second-order valence-electron chi connectivity index (χ2n) is 20.3. The molecule has 3 aliphatic heterocycles. The number of halogens is 3. The maximum absolute atomic E-state index is 13.2. The summed E-state index contributed by atoms with van der Waals surface area (Å²) in [5, 5.41) is 16.1. The topological polar surface area (TPSA) is 184 Å². The third-order valence-electron chi connectivity index (χ3n) is 14.0. The summed E-state index contributed by atoms with van der Waals surface area (Å²) in [7, 11) is 6.20. The molecule has 0 radical (unpaired) electrons. The molecule has 9 rings (SSSR count). The molecule has 6 aromatic carbocycles. The number of urea groups is 3. The quantitative estimate of drug-likeness (QED) is 0.0649. The molecule has 0 atom stereocenters. The second kappa shape index (κ2) is 28.8. The molecule has 0 aliphatic carbocycles. The summed E-state index contributed by atoms with van der Waals surface area (Å²) in [5.74, 6) is -1.04. The predicted octanol–water partition coefficient (Wildman–Crippen LogP) is 12.9. The van der Waals surface area contributed by atoms with Crippen molar-refractivity contribution in [2.75, 3.05) is 92.3 Å². The number of carbonyl (C=O) groups excluding carboxylic acids is 6. The van der Waals surface area contributed by atoms with Crippen LogP contribution in [0.25, 0.3) is 0 Å². The summed E-state index contributed by atoms with van der Waals surface area (Å²) in [5.41, 5.74) is 6.03. The van der Waals surface area contributed by atoms with Crippen LogP contribution in [0.15, 0.2) is 144 Å². The highest BCUT2D eigenvalue weighted by Crippen LogP contribution is 2.26. The molecule has 0 unspecified atom stereocenters. The van der Waals surface area contributed by atoms with Crippen LogP contribution >= 0.6 is 15.9 Å². The molecule has 6 aromatic rings. The zero-order valence-electron chi connectivity index (χ0n) is 44.9. The van der Waals surface area contributed by atoms with Crippen LogP contribution in [0.2, 0.25) is 0 Å². The molecular formula is C61H68BrF2N9O6. The van der Waals surface area contributed by atoms with Crippen LogP contribution in [0.4, 0.5) is 57.3 Å². The van der Waals surface area contributed by atoms with Crippen molar-refractivity contribution in [3.8, 4) is 0 Å². The monoisotopic (exact) mass is 1140 g/mol. The van der Waals surface area contributed by atoms with Gasteiger partial charge in [-0.1, -0.05) is 64.5 Å². The Morgan fingerprint density at radius 2 is 0.696 bits per heavy atom. The van der Waals surface area contributed by atoms with Crippen LogP contribution in [-0.4, -0.2) is 111 Å². The minimum Gasteiger partial charge on any atom is -0.308 e. The van der Waals surface area contributed by atoms with Gasteiger partial charge in [0.2, 0.25) is 0 Å². The van der Waals surface area contributed by atoms with Gasteiger partial charge in [0.05, 0.1) is 0 Å². The average molecular weight is 1140 g/mol. The number of piperidine rings is 3. The molecule has 0 bridgehead atoms. The fourth-order valence-corrected chi connectivity index (χ4v) is 9.80. The Kier molecular flexibility index (Phi) is 21.5. The highest BCUT2D eigenvalue weighted by molar-refractivity contribution is 9.10. The van der Waals surface area contributed by atoms with E-state index in [1.807, 2.05) is 80.7 Å². The van der Waals surface area contributed by atoms with Crippen molar-refractivity contribution in [1.82, 2.24) is 14.7 Å². The van der Waals surface area contributed by atoms with Crippen molar-refractivity contribution >= 4 is 85.5 Å². The number of Topliss-reactive ketones (excluding diaryl/α,β-unsaturated/α-hetero) is 3. The maximum atomic E-state index is 13.2. The van der Waals surface area contributed by atoms with Gasteiger partial charge in [0.15, 0.2) is 17.3 Å². The predicted molar refractivity (Wildman–Crippen MR) is 313 cm³/mol. The zero-order valence-corrected chi connectivity index (χ0v) is 46.5. The number of benzene rings is 6. The minimum absolute atomic E-state index is 0.00329. The molecule has 6 amide bonds. The van der Waals surface area contributed by atoms with Gasteiger partial charge in [0, 0.05) is 79.1 Å². The number of anilines is 6. The van der Waals surface area contributed by atoms with E-state index in [1.54, 1.807) is 54.6 Å². The average Bonchev–Trinajstić information content (AvgIpc) is 3.43. The first-order chi connectivity index (χ1) is 37.9. The van der Waals surface area contributed by atoms with E-state index in [9.17, 15) is 37.5 Å². The normalized spacial score (nSPS) is 15.4. The van der Waals surface area contributed by atoms with Gasteiger partial charge in [-0.25, -0.2) is 23.2 Å². The van der Waals surface area contributed by atoms with Gasteiger partial charge in [-0.05, 0) is 196 Å². The third kappa shape index (κ3) is 18.8. The van der Waals surface area contributed by atoms with E-state index >= 15 is 0 Å². The molecule has 3 fully saturated rings. The number of likely N-dealkylation sites (tertiary alicyclic amines) is 3. The lowest BCUT2D eigenvalue weighted by molar-refractivity contribution is 0.0850. The Hall–Kier alpha value is -7.64. The number of aryl methyl sites for hydroxylation is 1. The number of rotatable bonds is 12. The molecular weight excluding hydrogens is 1070 g/mol. The first kappa shape index (κ1) is 59.0. The summed E-state index contributed by atoms with van der Waals surface area (Å²) in [6.07, 6.45) is 5.19. The minimum atomic E-state index is -0.781. The lowest BCUT2D eigenvalue weighted by atomic mass is 9.89. The lowest BCUT2D eigenvalue weighted by Crippen LogP contribution is -2.33. The van der Waals surface area contributed by atoms with Crippen molar-refractivity contribution in [3.63, 3.8) is 0 Å². The number of nitrogens with one attached hydrogen (secondary N) is 6. The molecule has 6 N–H and O–H groups in total. The standard InChI is InChI=1S/C21H25N3O2.C20H22BrN3O2.C20H21F2N3O2/c1-15-5-3-7-18(13-15)22-21(26)23-19-8-4-6-17(14-19)20(25)16-9-11-24(2)12-10-16;1-24-11-9-14(10-12-24)19(25)15-3-2-4-18(13-15)23-20(26)22-17-7-5-16(21)6-8-17;1-25-7-5-13(6-8-25)19(26)14-3-2-4-17(9-14)23-20(27)24-18-11-15(21)10-16(22)12-18/h3-8,13-14,16H,9-12H2,1-2H3,(H2,22,23,26);2-8,13-14H,9-12H2,1H3,(H2,22,23,26);2-4,9-13H,5-8H2,1H3,(H2,23,24,27). The number of hydrogen-bond acceptors (Lipinski definition) is 9. The molecule has 3 saturated heterocycles. The largest absolute Gasteiger partial charge is 0.323 e. The maximum Gasteiger partial charge on any atom is 0.323 e. The molecule has 3 heterocycles. The van der Waals surface area contributed by atoms with Crippen LogP contribution in [0.1, 0.15) is 75.2 Å². The molecule has 18 heteroatoms. The van der Waals surface area contributed by atoms with Crippen LogP contribution in [0, 0.1) is 36.3 Å². The van der Waals surface area contributed by atoms with Crippen molar-refractivity contribution in [2.24, 2.45) is 17.8 Å². The fourth-order valence-electron chi connectivity index (χ4n) is 9.53. The number of hydrogen-bond donors (Lipinski definition) is 6. The Labute approximate surface area is 469 Å². The van der Waals surface area contributed by atoms with Crippen LogP contribution < -0.4 is 31.9 Å². The number of ketones is 3. The first-order valence-electron chi connectivity index (χ1n) is 26.4. The van der Waals surface area contributed by atoms with Crippen LogP contribution in [0.3, 0.4) is 0 Å². The molecule has 79 heavy (non-hydrogen) atoms. The first-order valence-corrected chi connectivity index (χ1v) is 27.2. The molecule has 0 spiro atoms. The molecule has 414 valence electrons. The Morgan fingerprint density at radius 3 is 1.04 bits per heavy atom. The van der Waals surface area contributed by atoms with E-state index in [-0.39, 0.29) is 52.9 Å². The summed E-state index contributed by atoms with van der Waals surface area (Å²) in [6.45, 7) is 7.55. The van der Waals surface area contributed by atoms with E-state index in [2.05, 4.69) is 76.6 Å². The molecule has 0 aromatic heterocycles. The second-order valence-corrected chi connectivity index (χ2v) is 21.3. The van der Waals surface area contributed by atoms with Gasteiger partial charge in [-0.2, -0.15) is 0 Å². The number of carbonyl (C=O) groups is 6. The summed E-state index contributed by atoms with van der Waals surface area (Å²) in [4.78, 5) is 81.2. The van der Waals surface area contributed by atoms with Crippen molar-refractivity contribution in [3.05, 3.63) is 178 Å². The number of nitrogens with zero attached hydrogens (tertiary/aromatic N) is 3. The van der Waals surface area contributed by atoms with Crippen molar-refractivity contribution < 1.29 is 37.5 Å². The lowest BCUT2D eigenvalue weighted by Gasteiger charge is -2.28. The van der Waals surface area contributed by atoms with E-state index in [0.717, 1.165) is 112 Å². The Bertz CT molecular complexity index is 3060. The van der Waals surface area contributed by atoms with Gasteiger partial charge in [0.25, 0.3) is 0 Å². The fraction of sp³-hybridized carbons (Fsp3) is 0.311.